The average molecular weight is 128 g/mol. The Morgan fingerprint density at radius 3 is 2.00 bits per heavy atom. The topological polar surface area (TPSA) is 38.0 Å². The molecule has 0 fully saturated rings. The lowest BCUT2D eigenvalue weighted by Gasteiger charge is -2.18. The summed E-state index contributed by atoms with van der Waals surface area (Å²) in [6.45, 7) is 6.24. The molecule has 54 valence electrons. The zero-order valence-corrected chi connectivity index (χ0v) is 6.65. The summed E-state index contributed by atoms with van der Waals surface area (Å²) in [4.78, 5) is 0. The molecule has 0 aliphatic heterocycles. The van der Waals surface area contributed by atoms with Gasteiger partial charge < -0.3 is 11.1 Å². The molecule has 0 saturated carbocycles. The standard InChI is InChI=1S/C7H16N2/c1-7(2,3)6(8)5-9-4/h5,9H,8H2,1-4H3/b6-5-. The van der Waals surface area contributed by atoms with Crippen LogP contribution >= 0.6 is 0 Å². The molecule has 2 nitrogen and oxygen atoms in total. The van der Waals surface area contributed by atoms with Gasteiger partial charge in [0, 0.05) is 24.4 Å². The minimum absolute atomic E-state index is 0.0863. The summed E-state index contributed by atoms with van der Waals surface area (Å²) >= 11 is 0. The van der Waals surface area contributed by atoms with Crippen molar-refractivity contribution in [2.24, 2.45) is 11.1 Å². The van der Waals surface area contributed by atoms with Crippen LogP contribution in [0.5, 0.6) is 0 Å². The lowest BCUT2D eigenvalue weighted by atomic mass is 9.93. The molecule has 0 aliphatic rings. The maximum Gasteiger partial charge on any atom is 0.0294 e. The van der Waals surface area contributed by atoms with E-state index in [0.29, 0.717) is 0 Å². The van der Waals surface area contributed by atoms with Crippen molar-refractivity contribution in [1.29, 1.82) is 0 Å². The van der Waals surface area contributed by atoms with E-state index in [1.165, 1.54) is 0 Å². The zero-order valence-electron chi connectivity index (χ0n) is 6.65. The van der Waals surface area contributed by atoms with E-state index in [1.54, 1.807) is 0 Å². The Morgan fingerprint density at radius 1 is 1.44 bits per heavy atom. The van der Waals surface area contributed by atoms with E-state index in [0.717, 1.165) is 5.70 Å². The van der Waals surface area contributed by atoms with Crippen LogP contribution in [0.2, 0.25) is 0 Å². The van der Waals surface area contributed by atoms with Crippen LogP contribution in [0.25, 0.3) is 0 Å². The number of nitrogens with two attached hydrogens (primary N) is 1. The summed E-state index contributed by atoms with van der Waals surface area (Å²) in [5, 5.41) is 2.89. The monoisotopic (exact) mass is 128 g/mol. The number of hydrogen-bond acceptors (Lipinski definition) is 2. The van der Waals surface area contributed by atoms with Crippen LogP contribution in [0.1, 0.15) is 20.8 Å². The van der Waals surface area contributed by atoms with E-state index in [1.807, 2.05) is 13.2 Å². The minimum Gasteiger partial charge on any atom is -0.400 e. The molecular formula is C7H16N2. The van der Waals surface area contributed by atoms with E-state index in [-0.39, 0.29) is 5.41 Å². The van der Waals surface area contributed by atoms with Crippen LogP contribution in [0.3, 0.4) is 0 Å². The Bertz CT molecular complexity index is 109. The SMILES string of the molecule is CN/C=C(\N)C(C)(C)C. The first-order valence-electron chi connectivity index (χ1n) is 3.12. The lowest BCUT2D eigenvalue weighted by Crippen LogP contribution is -2.19. The Labute approximate surface area is 57.1 Å². The predicted octanol–water partition coefficient (Wildman–Crippen LogP) is 1.05. The fourth-order valence-corrected chi connectivity index (χ4v) is 0.372. The smallest absolute Gasteiger partial charge is 0.0294 e. The second-order valence-corrected chi connectivity index (χ2v) is 3.14. The molecule has 0 aromatic heterocycles. The summed E-state index contributed by atoms with van der Waals surface area (Å²) in [7, 11) is 1.85. The van der Waals surface area contributed by atoms with Crippen LogP contribution < -0.4 is 11.1 Å². The summed E-state index contributed by atoms with van der Waals surface area (Å²) in [5.41, 5.74) is 6.63. The molecule has 0 saturated heterocycles. The van der Waals surface area contributed by atoms with Crippen LogP contribution in [0.4, 0.5) is 0 Å². The third-order valence-corrected chi connectivity index (χ3v) is 1.17. The van der Waals surface area contributed by atoms with E-state index in [4.69, 9.17) is 5.73 Å². The molecule has 0 radical (unpaired) electrons. The van der Waals surface area contributed by atoms with Gasteiger partial charge in [-0.2, -0.15) is 0 Å². The highest BCUT2D eigenvalue weighted by Crippen LogP contribution is 2.19. The fourth-order valence-electron chi connectivity index (χ4n) is 0.372. The van der Waals surface area contributed by atoms with Crippen molar-refractivity contribution < 1.29 is 0 Å². The first-order valence-corrected chi connectivity index (χ1v) is 3.12. The number of hydrogen-bond donors (Lipinski definition) is 2. The van der Waals surface area contributed by atoms with Crippen molar-refractivity contribution in [3.8, 4) is 0 Å². The van der Waals surface area contributed by atoms with Gasteiger partial charge >= 0.3 is 0 Å². The molecule has 0 heterocycles. The minimum atomic E-state index is 0.0863. The molecule has 2 heteroatoms. The van der Waals surface area contributed by atoms with Crippen LogP contribution in [0, 0.1) is 5.41 Å². The highest BCUT2D eigenvalue weighted by atomic mass is 14.8. The van der Waals surface area contributed by atoms with Gasteiger partial charge in [-0.1, -0.05) is 20.8 Å². The van der Waals surface area contributed by atoms with Gasteiger partial charge in [0.1, 0.15) is 0 Å². The number of nitrogens with one attached hydrogen (secondary N) is 1. The molecule has 0 bridgehead atoms. The van der Waals surface area contributed by atoms with Gasteiger partial charge in [0.2, 0.25) is 0 Å². The highest BCUT2D eigenvalue weighted by Gasteiger charge is 2.12. The summed E-state index contributed by atoms with van der Waals surface area (Å²) < 4.78 is 0. The van der Waals surface area contributed by atoms with Gasteiger partial charge in [0.15, 0.2) is 0 Å². The van der Waals surface area contributed by atoms with Gasteiger partial charge in [-0.15, -0.1) is 0 Å². The van der Waals surface area contributed by atoms with E-state index in [2.05, 4.69) is 26.1 Å². The van der Waals surface area contributed by atoms with E-state index in [9.17, 15) is 0 Å². The number of allylic oxidation sites excluding steroid dienone is 1. The average Bonchev–Trinajstić information content (AvgIpc) is 1.64. The third kappa shape index (κ3) is 3.01. The van der Waals surface area contributed by atoms with Crippen LogP contribution in [0.15, 0.2) is 11.9 Å². The summed E-state index contributed by atoms with van der Waals surface area (Å²) in [5.74, 6) is 0. The van der Waals surface area contributed by atoms with Crippen LogP contribution in [-0.4, -0.2) is 7.05 Å². The summed E-state index contributed by atoms with van der Waals surface area (Å²) in [6.07, 6.45) is 1.82. The maximum atomic E-state index is 5.66. The van der Waals surface area contributed by atoms with Crippen molar-refractivity contribution in [3.63, 3.8) is 0 Å². The molecule has 0 rings (SSSR count). The molecule has 0 amide bonds. The van der Waals surface area contributed by atoms with Gasteiger partial charge in [-0.3, -0.25) is 0 Å². The largest absolute Gasteiger partial charge is 0.400 e. The lowest BCUT2D eigenvalue weighted by molar-refractivity contribution is 0.494. The maximum absolute atomic E-state index is 5.66. The van der Waals surface area contributed by atoms with Crippen LogP contribution in [-0.2, 0) is 0 Å². The zero-order chi connectivity index (χ0) is 7.49. The van der Waals surface area contributed by atoms with Gasteiger partial charge in [-0.05, 0) is 0 Å². The second-order valence-electron chi connectivity index (χ2n) is 3.14. The highest BCUT2D eigenvalue weighted by molar-refractivity contribution is 5.04. The molecule has 0 unspecified atom stereocenters. The summed E-state index contributed by atoms with van der Waals surface area (Å²) in [6, 6.07) is 0. The Kier molecular flexibility index (Phi) is 2.56. The molecule has 0 atom stereocenters. The first-order chi connectivity index (χ1) is 3.98. The fraction of sp³-hybridized carbons (Fsp3) is 0.714. The number of rotatable bonds is 1. The molecule has 0 aliphatic carbocycles. The molecular weight excluding hydrogens is 112 g/mol. The quantitative estimate of drug-likeness (QED) is 0.554. The predicted molar refractivity (Wildman–Crippen MR) is 40.8 cm³/mol. The molecule has 9 heavy (non-hydrogen) atoms. The van der Waals surface area contributed by atoms with E-state index >= 15 is 0 Å². The Hall–Kier alpha value is -0.660. The Balaban J connectivity index is 4.03. The Morgan fingerprint density at radius 2 is 1.89 bits per heavy atom. The normalized spacial score (nSPS) is 13.6. The first kappa shape index (κ1) is 8.34. The third-order valence-electron chi connectivity index (χ3n) is 1.17. The van der Waals surface area contributed by atoms with Crippen molar-refractivity contribution >= 4 is 0 Å². The van der Waals surface area contributed by atoms with Crippen molar-refractivity contribution in [2.45, 2.75) is 20.8 Å². The van der Waals surface area contributed by atoms with Crippen molar-refractivity contribution in [1.82, 2.24) is 5.32 Å². The second kappa shape index (κ2) is 2.76. The van der Waals surface area contributed by atoms with Crippen molar-refractivity contribution in [2.75, 3.05) is 7.05 Å². The molecule has 3 N–H and O–H groups in total. The van der Waals surface area contributed by atoms with Gasteiger partial charge in [0.05, 0.1) is 0 Å². The molecule has 0 spiro atoms. The van der Waals surface area contributed by atoms with Gasteiger partial charge in [-0.25, -0.2) is 0 Å². The van der Waals surface area contributed by atoms with E-state index < -0.39 is 0 Å². The van der Waals surface area contributed by atoms with Gasteiger partial charge in [0.25, 0.3) is 0 Å². The molecule has 0 aromatic rings. The molecule has 0 aromatic carbocycles. The van der Waals surface area contributed by atoms with Crippen molar-refractivity contribution in [3.05, 3.63) is 11.9 Å².